The molecule has 0 saturated heterocycles. The zero-order valence-corrected chi connectivity index (χ0v) is 18.0. The number of hydrogen-bond acceptors (Lipinski definition) is 5. The molecule has 0 saturated carbocycles. The van der Waals surface area contributed by atoms with E-state index in [1.807, 2.05) is 37.3 Å². The lowest BCUT2D eigenvalue weighted by Gasteiger charge is -2.21. The van der Waals surface area contributed by atoms with Crippen molar-refractivity contribution in [1.82, 2.24) is 4.90 Å². The Hall–Kier alpha value is -2.70. The predicted octanol–water partition coefficient (Wildman–Crippen LogP) is 3.65. The second kappa shape index (κ2) is 12.0. The van der Waals surface area contributed by atoms with Gasteiger partial charge in [-0.05, 0) is 46.1 Å². The minimum Gasteiger partial charge on any atom is -0.469 e. The Kier molecular flexibility index (Phi) is 10.1. The topological polar surface area (TPSA) is 85.3 Å². The quantitative estimate of drug-likeness (QED) is 0.463. The molecule has 160 valence electrons. The van der Waals surface area contributed by atoms with Gasteiger partial charge in [0.15, 0.2) is 0 Å². The summed E-state index contributed by atoms with van der Waals surface area (Å²) in [4.78, 5) is 41.7. The standard InChI is InChI=1S/C22H32N2O5/c1-6-24(15-14-17-10-8-7-9-11-17)19(25)13-12-18(20(26)28-5)16-23-21(27)29-22(2,3)4/h7-11,16,18H,6,12-15H2,1-5H3. The number of amides is 2. The summed E-state index contributed by atoms with van der Waals surface area (Å²) in [5.41, 5.74) is 0.488. The number of hydrogen-bond donors (Lipinski definition) is 0. The monoisotopic (exact) mass is 404 g/mol. The molecule has 0 radical (unpaired) electrons. The highest BCUT2D eigenvalue weighted by Crippen LogP contribution is 2.12. The van der Waals surface area contributed by atoms with E-state index in [-0.39, 0.29) is 18.7 Å². The molecule has 7 heteroatoms. The first-order valence-corrected chi connectivity index (χ1v) is 9.83. The second-order valence-electron chi connectivity index (χ2n) is 7.64. The fourth-order valence-electron chi connectivity index (χ4n) is 2.65. The fourth-order valence-corrected chi connectivity index (χ4v) is 2.65. The average Bonchev–Trinajstić information content (AvgIpc) is 2.67. The number of esters is 1. The number of carbonyl (C=O) groups is 3. The normalized spacial score (nSPS) is 12.4. The first-order chi connectivity index (χ1) is 13.7. The highest BCUT2D eigenvalue weighted by molar-refractivity contribution is 5.94. The van der Waals surface area contributed by atoms with Crippen LogP contribution in [0.25, 0.3) is 0 Å². The Morgan fingerprint density at radius 1 is 1.17 bits per heavy atom. The third-order valence-corrected chi connectivity index (χ3v) is 4.17. The molecule has 7 nitrogen and oxygen atoms in total. The van der Waals surface area contributed by atoms with Crippen molar-refractivity contribution in [3.05, 3.63) is 35.9 Å². The lowest BCUT2D eigenvalue weighted by atomic mass is 10.0. The summed E-state index contributed by atoms with van der Waals surface area (Å²) in [5, 5.41) is 0. The molecular weight excluding hydrogens is 372 g/mol. The average molecular weight is 405 g/mol. The van der Waals surface area contributed by atoms with Crippen LogP contribution in [0.3, 0.4) is 0 Å². The van der Waals surface area contributed by atoms with Gasteiger partial charge in [-0.3, -0.25) is 9.59 Å². The van der Waals surface area contributed by atoms with E-state index >= 15 is 0 Å². The molecule has 0 heterocycles. The van der Waals surface area contributed by atoms with Gasteiger partial charge in [-0.2, -0.15) is 4.99 Å². The van der Waals surface area contributed by atoms with Crippen molar-refractivity contribution in [3.63, 3.8) is 0 Å². The van der Waals surface area contributed by atoms with Gasteiger partial charge in [0.05, 0.1) is 13.0 Å². The van der Waals surface area contributed by atoms with Gasteiger partial charge in [0.2, 0.25) is 5.91 Å². The minimum atomic E-state index is -0.788. The molecule has 0 aromatic heterocycles. The molecule has 1 aromatic carbocycles. The Labute approximate surface area is 173 Å². The molecule has 1 atom stereocenters. The van der Waals surface area contributed by atoms with Crippen molar-refractivity contribution in [3.8, 4) is 0 Å². The van der Waals surface area contributed by atoms with E-state index in [0.717, 1.165) is 12.0 Å². The van der Waals surface area contributed by atoms with Crippen LogP contribution < -0.4 is 0 Å². The van der Waals surface area contributed by atoms with E-state index in [2.05, 4.69) is 4.99 Å². The lowest BCUT2D eigenvalue weighted by molar-refractivity contribution is -0.143. The van der Waals surface area contributed by atoms with Gasteiger partial charge in [0.1, 0.15) is 5.60 Å². The van der Waals surface area contributed by atoms with Crippen LogP contribution in [-0.2, 0) is 25.5 Å². The van der Waals surface area contributed by atoms with Crippen molar-refractivity contribution in [2.24, 2.45) is 10.9 Å². The maximum absolute atomic E-state index is 12.6. The van der Waals surface area contributed by atoms with E-state index in [9.17, 15) is 14.4 Å². The van der Waals surface area contributed by atoms with Gasteiger partial charge in [0, 0.05) is 25.7 Å². The molecule has 0 aliphatic rings. The number of carbonyl (C=O) groups excluding carboxylic acids is 3. The number of nitrogens with zero attached hydrogens (tertiary/aromatic N) is 2. The van der Waals surface area contributed by atoms with E-state index < -0.39 is 23.6 Å². The Morgan fingerprint density at radius 2 is 1.83 bits per heavy atom. The number of ether oxygens (including phenoxy) is 2. The maximum atomic E-state index is 12.6. The van der Waals surface area contributed by atoms with Crippen molar-refractivity contribution in [2.45, 2.75) is 52.6 Å². The molecule has 2 amide bonds. The van der Waals surface area contributed by atoms with Crippen LogP contribution in [0, 0.1) is 5.92 Å². The maximum Gasteiger partial charge on any atom is 0.433 e. The third-order valence-electron chi connectivity index (χ3n) is 4.17. The van der Waals surface area contributed by atoms with Gasteiger partial charge < -0.3 is 14.4 Å². The summed E-state index contributed by atoms with van der Waals surface area (Å²) in [6.07, 6.45) is 1.55. The molecule has 1 unspecified atom stereocenters. The molecule has 0 bridgehead atoms. The molecule has 1 rings (SSSR count). The van der Waals surface area contributed by atoms with Crippen LogP contribution in [0.4, 0.5) is 4.79 Å². The van der Waals surface area contributed by atoms with Crippen LogP contribution >= 0.6 is 0 Å². The largest absolute Gasteiger partial charge is 0.469 e. The molecule has 0 aliphatic heterocycles. The summed E-state index contributed by atoms with van der Waals surface area (Å²) in [6.45, 7) is 8.29. The lowest BCUT2D eigenvalue weighted by Crippen LogP contribution is -2.33. The van der Waals surface area contributed by atoms with Crippen molar-refractivity contribution >= 4 is 24.2 Å². The SMILES string of the molecule is CCN(CCc1ccccc1)C(=O)CCC(C=NC(=O)OC(C)(C)C)C(=O)OC. The number of aliphatic imine (C=N–C) groups is 1. The molecule has 29 heavy (non-hydrogen) atoms. The Balaban J connectivity index is 2.63. The number of benzene rings is 1. The first kappa shape index (κ1) is 24.3. The molecule has 1 aromatic rings. The zero-order chi connectivity index (χ0) is 21.9. The fraction of sp³-hybridized carbons (Fsp3) is 0.545. The second-order valence-corrected chi connectivity index (χ2v) is 7.64. The van der Waals surface area contributed by atoms with Gasteiger partial charge in [0.25, 0.3) is 0 Å². The summed E-state index contributed by atoms with van der Waals surface area (Å²) >= 11 is 0. The summed E-state index contributed by atoms with van der Waals surface area (Å²) in [7, 11) is 1.26. The molecule has 0 aliphatic carbocycles. The van der Waals surface area contributed by atoms with E-state index in [4.69, 9.17) is 9.47 Å². The number of methoxy groups -OCH3 is 1. The van der Waals surface area contributed by atoms with Gasteiger partial charge in [-0.1, -0.05) is 30.3 Å². The highest BCUT2D eigenvalue weighted by Gasteiger charge is 2.22. The van der Waals surface area contributed by atoms with Crippen molar-refractivity contribution < 1.29 is 23.9 Å². The third kappa shape index (κ3) is 9.87. The Morgan fingerprint density at radius 3 is 2.38 bits per heavy atom. The number of likely N-dealkylation sites (N-methyl/N-ethyl adjacent to an activating group) is 1. The van der Waals surface area contributed by atoms with E-state index in [1.54, 1.807) is 25.7 Å². The molecule has 0 N–H and O–H groups in total. The van der Waals surface area contributed by atoms with E-state index in [0.29, 0.717) is 13.1 Å². The van der Waals surface area contributed by atoms with Crippen LogP contribution in [0.15, 0.2) is 35.3 Å². The van der Waals surface area contributed by atoms with Crippen LogP contribution in [0.5, 0.6) is 0 Å². The van der Waals surface area contributed by atoms with Crippen LogP contribution in [0.2, 0.25) is 0 Å². The Bertz CT molecular complexity index is 695. The first-order valence-electron chi connectivity index (χ1n) is 9.83. The number of rotatable bonds is 9. The van der Waals surface area contributed by atoms with Crippen molar-refractivity contribution in [1.29, 1.82) is 0 Å². The summed E-state index contributed by atoms with van der Waals surface area (Å²) < 4.78 is 9.86. The van der Waals surface area contributed by atoms with Gasteiger partial charge in [-0.25, -0.2) is 4.79 Å². The zero-order valence-electron chi connectivity index (χ0n) is 18.0. The molecule has 0 fully saturated rings. The molecule has 0 spiro atoms. The van der Waals surface area contributed by atoms with Gasteiger partial charge in [-0.15, -0.1) is 0 Å². The van der Waals surface area contributed by atoms with E-state index in [1.165, 1.54) is 13.3 Å². The van der Waals surface area contributed by atoms with Gasteiger partial charge >= 0.3 is 12.1 Å². The van der Waals surface area contributed by atoms with Crippen molar-refractivity contribution in [2.75, 3.05) is 20.2 Å². The molecular formula is C22H32N2O5. The van der Waals surface area contributed by atoms with Crippen LogP contribution in [0.1, 0.15) is 46.1 Å². The highest BCUT2D eigenvalue weighted by atomic mass is 16.6. The summed E-state index contributed by atoms with van der Waals surface area (Å²) in [6, 6.07) is 9.95. The minimum absolute atomic E-state index is 0.0528. The summed E-state index contributed by atoms with van der Waals surface area (Å²) in [5.74, 6) is -1.38. The predicted molar refractivity (Wildman–Crippen MR) is 112 cm³/mol. The smallest absolute Gasteiger partial charge is 0.433 e. The van der Waals surface area contributed by atoms with Crippen LogP contribution in [-0.4, -0.2) is 54.9 Å².